The van der Waals surface area contributed by atoms with Gasteiger partial charge in [-0.15, -0.1) is 0 Å². The van der Waals surface area contributed by atoms with Crippen molar-refractivity contribution in [3.05, 3.63) is 0 Å². The highest BCUT2D eigenvalue weighted by atomic mass is 16.5. The number of carboxylic acids is 1. The van der Waals surface area contributed by atoms with E-state index in [-0.39, 0.29) is 24.5 Å². The van der Waals surface area contributed by atoms with Gasteiger partial charge in [-0.25, -0.2) is 0 Å². The summed E-state index contributed by atoms with van der Waals surface area (Å²) in [5, 5.41) is 8.71. The van der Waals surface area contributed by atoms with Crippen LogP contribution in [0.4, 0.5) is 0 Å². The first kappa shape index (κ1) is 13.0. The van der Waals surface area contributed by atoms with E-state index in [1.165, 1.54) is 4.90 Å². The lowest BCUT2D eigenvalue weighted by Gasteiger charge is -2.19. The monoisotopic (exact) mass is 229 g/mol. The topological polar surface area (TPSA) is 66.8 Å². The lowest BCUT2D eigenvalue weighted by atomic mass is 10.3. The summed E-state index contributed by atoms with van der Waals surface area (Å²) in [5.74, 6) is -1.16. The van der Waals surface area contributed by atoms with E-state index in [9.17, 15) is 9.59 Å². The fourth-order valence-electron chi connectivity index (χ4n) is 1.76. The van der Waals surface area contributed by atoms with Crippen LogP contribution in [-0.4, -0.2) is 47.7 Å². The molecule has 0 bridgehead atoms. The maximum absolute atomic E-state index is 11.9. The van der Waals surface area contributed by atoms with Gasteiger partial charge >= 0.3 is 5.97 Å². The van der Waals surface area contributed by atoms with E-state index >= 15 is 0 Å². The molecule has 0 aromatic carbocycles. The summed E-state index contributed by atoms with van der Waals surface area (Å²) < 4.78 is 5.32. The molecule has 2 unspecified atom stereocenters. The van der Waals surface area contributed by atoms with Gasteiger partial charge in [-0.3, -0.25) is 9.59 Å². The molecule has 0 aromatic rings. The van der Waals surface area contributed by atoms with Crippen LogP contribution in [0.15, 0.2) is 0 Å². The Kier molecular flexibility index (Phi) is 4.73. The summed E-state index contributed by atoms with van der Waals surface area (Å²) in [6.45, 7) is 4.71. The number of carbonyl (C=O) groups excluding carboxylic acids is 1. The van der Waals surface area contributed by atoms with Crippen molar-refractivity contribution in [1.29, 1.82) is 0 Å². The number of rotatable bonds is 7. The van der Waals surface area contributed by atoms with Crippen LogP contribution >= 0.6 is 0 Å². The molecular formula is C11H19NO4. The molecule has 1 fully saturated rings. The van der Waals surface area contributed by atoms with E-state index in [1.807, 2.05) is 13.8 Å². The van der Waals surface area contributed by atoms with Gasteiger partial charge in [-0.2, -0.15) is 0 Å². The van der Waals surface area contributed by atoms with Gasteiger partial charge in [-0.1, -0.05) is 6.92 Å². The minimum atomic E-state index is -0.963. The molecule has 0 saturated heterocycles. The Hall–Kier alpha value is -1.10. The van der Waals surface area contributed by atoms with E-state index < -0.39 is 5.97 Å². The molecule has 0 aromatic heterocycles. The van der Waals surface area contributed by atoms with E-state index in [4.69, 9.17) is 9.84 Å². The third-order valence-corrected chi connectivity index (χ3v) is 2.56. The number of nitrogens with zero attached hydrogens (tertiary/aromatic N) is 1. The zero-order valence-electron chi connectivity index (χ0n) is 9.81. The number of aliphatic carboxylic acids is 1. The van der Waals surface area contributed by atoms with Gasteiger partial charge in [0.05, 0.1) is 12.0 Å². The SMILES string of the molecule is CCCN(CC(=O)O)C(=O)C1CC1OCC. The highest BCUT2D eigenvalue weighted by molar-refractivity contribution is 5.85. The Labute approximate surface area is 95.4 Å². The Balaban J connectivity index is 2.45. The van der Waals surface area contributed by atoms with Crippen molar-refractivity contribution in [2.75, 3.05) is 19.7 Å². The fourth-order valence-corrected chi connectivity index (χ4v) is 1.76. The average molecular weight is 229 g/mol. The molecule has 1 aliphatic carbocycles. The van der Waals surface area contributed by atoms with E-state index in [0.29, 0.717) is 13.2 Å². The molecule has 5 heteroatoms. The van der Waals surface area contributed by atoms with Gasteiger partial charge < -0.3 is 14.7 Å². The van der Waals surface area contributed by atoms with Crippen LogP contribution in [0.1, 0.15) is 26.7 Å². The van der Waals surface area contributed by atoms with Crippen molar-refractivity contribution < 1.29 is 19.4 Å². The summed E-state index contributed by atoms with van der Waals surface area (Å²) in [6, 6.07) is 0. The van der Waals surface area contributed by atoms with Gasteiger partial charge in [-0.05, 0) is 19.8 Å². The van der Waals surface area contributed by atoms with E-state index in [0.717, 1.165) is 12.8 Å². The minimum Gasteiger partial charge on any atom is -0.480 e. The second-order valence-electron chi connectivity index (χ2n) is 3.99. The minimum absolute atomic E-state index is 0.00523. The number of carbonyl (C=O) groups is 2. The molecule has 1 amide bonds. The Morgan fingerprint density at radius 3 is 2.62 bits per heavy atom. The summed E-state index contributed by atoms with van der Waals surface area (Å²) in [5.41, 5.74) is 0. The molecule has 16 heavy (non-hydrogen) atoms. The normalized spacial score (nSPS) is 22.9. The second kappa shape index (κ2) is 5.84. The molecule has 2 atom stereocenters. The van der Waals surface area contributed by atoms with Crippen molar-refractivity contribution in [3.8, 4) is 0 Å². The fraction of sp³-hybridized carbons (Fsp3) is 0.818. The molecule has 1 N–H and O–H groups in total. The zero-order valence-corrected chi connectivity index (χ0v) is 9.81. The Bertz CT molecular complexity index is 267. The van der Waals surface area contributed by atoms with Crippen molar-refractivity contribution in [2.45, 2.75) is 32.8 Å². The first-order valence-corrected chi connectivity index (χ1v) is 5.72. The van der Waals surface area contributed by atoms with Crippen LogP contribution in [0, 0.1) is 5.92 Å². The van der Waals surface area contributed by atoms with Crippen LogP contribution in [0.5, 0.6) is 0 Å². The number of amides is 1. The average Bonchev–Trinajstić information content (AvgIpc) is 2.95. The summed E-state index contributed by atoms with van der Waals surface area (Å²) >= 11 is 0. The first-order valence-electron chi connectivity index (χ1n) is 5.72. The quantitative estimate of drug-likeness (QED) is 0.699. The molecular weight excluding hydrogens is 210 g/mol. The maximum atomic E-state index is 11.9. The van der Waals surface area contributed by atoms with E-state index in [2.05, 4.69) is 0 Å². The van der Waals surface area contributed by atoms with Crippen molar-refractivity contribution in [3.63, 3.8) is 0 Å². The van der Waals surface area contributed by atoms with Crippen molar-refractivity contribution in [1.82, 2.24) is 4.90 Å². The molecule has 0 spiro atoms. The van der Waals surface area contributed by atoms with Crippen molar-refractivity contribution >= 4 is 11.9 Å². The summed E-state index contributed by atoms with van der Waals surface area (Å²) in [7, 11) is 0. The van der Waals surface area contributed by atoms with Gasteiger partial charge in [0, 0.05) is 13.2 Å². The number of ether oxygens (including phenoxy) is 1. The highest BCUT2D eigenvalue weighted by Crippen LogP contribution is 2.35. The molecule has 5 nitrogen and oxygen atoms in total. The molecule has 92 valence electrons. The predicted octanol–water partition coefficient (Wildman–Crippen LogP) is 0.735. The molecule has 1 saturated carbocycles. The smallest absolute Gasteiger partial charge is 0.323 e. The summed E-state index contributed by atoms with van der Waals surface area (Å²) in [6.07, 6.45) is 1.50. The molecule has 1 aliphatic rings. The third-order valence-electron chi connectivity index (χ3n) is 2.56. The van der Waals surface area contributed by atoms with Gasteiger partial charge in [0.1, 0.15) is 6.54 Å². The van der Waals surface area contributed by atoms with Crippen LogP contribution in [0.2, 0.25) is 0 Å². The van der Waals surface area contributed by atoms with Crippen LogP contribution in [0.25, 0.3) is 0 Å². The predicted molar refractivity (Wildman–Crippen MR) is 58.0 cm³/mol. The van der Waals surface area contributed by atoms with Gasteiger partial charge in [0.25, 0.3) is 0 Å². The van der Waals surface area contributed by atoms with Crippen LogP contribution < -0.4 is 0 Å². The van der Waals surface area contributed by atoms with Gasteiger partial charge in [0.2, 0.25) is 5.91 Å². The second-order valence-corrected chi connectivity index (χ2v) is 3.99. The number of hydrogen-bond donors (Lipinski definition) is 1. The standard InChI is InChI=1S/C11H19NO4/c1-3-5-12(7-10(13)14)11(15)8-6-9(8)16-4-2/h8-9H,3-7H2,1-2H3,(H,13,14). The molecule has 0 aliphatic heterocycles. The Morgan fingerprint density at radius 2 is 2.12 bits per heavy atom. The van der Waals surface area contributed by atoms with E-state index in [1.54, 1.807) is 0 Å². The lowest BCUT2D eigenvalue weighted by Crippen LogP contribution is -2.38. The molecule has 1 rings (SSSR count). The molecule has 0 heterocycles. The van der Waals surface area contributed by atoms with Crippen molar-refractivity contribution in [2.24, 2.45) is 5.92 Å². The third kappa shape index (κ3) is 3.48. The number of hydrogen-bond acceptors (Lipinski definition) is 3. The zero-order chi connectivity index (χ0) is 12.1. The maximum Gasteiger partial charge on any atom is 0.323 e. The highest BCUT2D eigenvalue weighted by Gasteiger charge is 2.45. The molecule has 0 radical (unpaired) electrons. The Morgan fingerprint density at radius 1 is 1.44 bits per heavy atom. The first-order chi connectivity index (χ1) is 7.60. The van der Waals surface area contributed by atoms with Crippen LogP contribution in [0.3, 0.4) is 0 Å². The number of carboxylic acid groups (broad SMARTS) is 1. The summed E-state index contributed by atoms with van der Waals surface area (Å²) in [4.78, 5) is 23.9. The van der Waals surface area contributed by atoms with Crippen LogP contribution in [-0.2, 0) is 14.3 Å². The largest absolute Gasteiger partial charge is 0.480 e. The van der Waals surface area contributed by atoms with Gasteiger partial charge in [0.15, 0.2) is 0 Å². The lowest BCUT2D eigenvalue weighted by molar-refractivity contribution is -0.145.